The van der Waals surface area contributed by atoms with Crippen molar-refractivity contribution in [3.05, 3.63) is 0 Å². The average Bonchev–Trinajstić information content (AvgIpc) is 2.16. The molecule has 1 aliphatic heterocycles. The van der Waals surface area contributed by atoms with Crippen molar-refractivity contribution in [2.45, 2.75) is 19.8 Å². The summed E-state index contributed by atoms with van der Waals surface area (Å²) in [5.74, 6) is 0.819. The van der Waals surface area contributed by atoms with E-state index >= 15 is 0 Å². The number of hydrogen-bond donors (Lipinski definition) is 1. The van der Waals surface area contributed by atoms with Crippen molar-refractivity contribution in [3.8, 4) is 0 Å². The summed E-state index contributed by atoms with van der Waals surface area (Å²) in [6.45, 7) is 7.24. The van der Waals surface area contributed by atoms with E-state index in [1.54, 1.807) is 0 Å². The van der Waals surface area contributed by atoms with Gasteiger partial charge in [0.2, 0.25) is 0 Å². The number of hydrogen-bond acceptors (Lipinski definition) is 3. The molecule has 1 atom stereocenters. The molecule has 0 aliphatic carbocycles. The quantitative estimate of drug-likeness (QED) is 0.691. The van der Waals surface area contributed by atoms with Crippen LogP contribution in [0.4, 0.5) is 0 Å². The first kappa shape index (κ1) is 11.0. The van der Waals surface area contributed by atoms with Crippen molar-refractivity contribution in [2.24, 2.45) is 5.92 Å². The highest BCUT2D eigenvalue weighted by Gasteiger charge is 2.18. The topological polar surface area (TPSA) is 24.5 Å². The van der Waals surface area contributed by atoms with Crippen LogP contribution < -0.4 is 5.32 Å². The molecule has 0 saturated carbocycles. The molecule has 3 nitrogen and oxygen atoms in total. The summed E-state index contributed by atoms with van der Waals surface area (Å²) in [7, 11) is 2.03. The first-order valence-corrected chi connectivity index (χ1v) is 5.31. The highest BCUT2D eigenvalue weighted by molar-refractivity contribution is 4.72. The van der Waals surface area contributed by atoms with Gasteiger partial charge in [-0.1, -0.05) is 0 Å². The predicted molar refractivity (Wildman–Crippen MR) is 54.7 cm³/mol. The molecular weight excluding hydrogens is 164 g/mol. The van der Waals surface area contributed by atoms with Gasteiger partial charge in [0.05, 0.1) is 6.73 Å². The fourth-order valence-electron chi connectivity index (χ4n) is 1.94. The second-order valence-electron chi connectivity index (χ2n) is 3.76. The number of ether oxygens (including phenoxy) is 1. The van der Waals surface area contributed by atoms with Crippen LogP contribution in [0.5, 0.6) is 0 Å². The molecule has 1 fully saturated rings. The third-order valence-electron chi connectivity index (χ3n) is 2.57. The molecule has 0 aromatic rings. The maximum absolute atomic E-state index is 5.40. The van der Waals surface area contributed by atoms with Gasteiger partial charge in [0.15, 0.2) is 0 Å². The number of nitrogens with one attached hydrogen (secondary N) is 1. The summed E-state index contributed by atoms with van der Waals surface area (Å²) in [4.78, 5) is 2.41. The highest BCUT2D eigenvalue weighted by atomic mass is 16.5. The first-order chi connectivity index (χ1) is 6.36. The summed E-state index contributed by atoms with van der Waals surface area (Å²) in [5.41, 5.74) is 0. The van der Waals surface area contributed by atoms with Gasteiger partial charge in [0.1, 0.15) is 0 Å². The molecule has 1 heterocycles. The van der Waals surface area contributed by atoms with Gasteiger partial charge in [-0.2, -0.15) is 0 Å². The summed E-state index contributed by atoms with van der Waals surface area (Å²) in [6.07, 6.45) is 2.68. The summed E-state index contributed by atoms with van der Waals surface area (Å²) in [6, 6.07) is 0. The van der Waals surface area contributed by atoms with Gasteiger partial charge in [-0.3, -0.25) is 4.90 Å². The number of piperidine rings is 1. The Labute approximate surface area is 81.4 Å². The van der Waals surface area contributed by atoms with E-state index in [1.807, 2.05) is 7.05 Å². The van der Waals surface area contributed by atoms with Crippen molar-refractivity contribution >= 4 is 0 Å². The first-order valence-electron chi connectivity index (χ1n) is 5.31. The normalized spacial score (nSPS) is 24.9. The Morgan fingerprint density at radius 2 is 2.38 bits per heavy atom. The molecule has 0 aromatic heterocycles. The van der Waals surface area contributed by atoms with Crippen molar-refractivity contribution < 1.29 is 4.74 Å². The number of rotatable bonds is 5. The van der Waals surface area contributed by atoms with Crippen LogP contribution in [0.25, 0.3) is 0 Å². The lowest BCUT2D eigenvalue weighted by atomic mass is 9.98. The lowest BCUT2D eigenvalue weighted by molar-refractivity contribution is 0.0125. The fraction of sp³-hybridized carbons (Fsp3) is 1.00. The zero-order valence-electron chi connectivity index (χ0n) is 8.88. The number of nitrogens with zero attached hydrogens (tertiary/aromatic N) is 1. The zero-order chi connectivity index (χ0) is 9.52. The van der Waals surface area contributed by atoms with Gasteiger partial charge in [0.25, 0.3) is 0 Å². The Morgan fingerprint density at radius 3 is 3.08 bits per heavy atom. The molecule has 78 valence electrons. The third-order valence-corrected chi connectivity index (χ3v) is 2.57. The molecule has 1 aliphatic rings. The van der Waals surface area contributed by atoms with E-state index in [4.69, 9.17) is 4.74 Å². The number of likely N-dealkylation sites (tertiary alicyclic amines) is 1. The lowest BCUT2D eigenvalue weighted by Gasteiger charge is -2.32. The molecule has 0 spiro atoms. The van der Waals surface area contributed by atoms with Crippen LogP contribution in [0, 0.1) is 5.92 Å². The van der Waals surface area contributed by atoms with Crippen LogP contribution >= 0.6 is 0 Å². The van der Waals surface area contributed by atoms with E-state index in [9.17, 15) is 0 Å². The molecular formula is C10H22N2O. The van der Waals surface area contributed by atoms with Crippen LogP contribution in [0.3, 0.4) is 0 Å². The maximum Gasteiger partial charge on any atom is 0.0990 e. The van der Waals surface area contributed by atoms with E-state index in [1.165, 1.54) is 25.9 Å². The van der Waals surface area contributed by atoms with E-state index in [0.29, 0.717) is 0 Å². The Bertz CT molecular complexity index is 128. The van der Waals surface area contributed by atoms with Crippen molar-refractivity contribution in [1.29, 1.82) is 0 Å². The molecule has 0 aromatic carbocycles. The fourth-order valence-corrected chi connectivity index (χ4v) is 1.94. The largest absolute Gasteiger partial charge is 0.366 e. The van der Waals surface area contributed by atoms with Crippen LogP contribution in [-0.2, 0) is 4.74 Å². The van der Waals surface area contributed by atoms with Crippen molar-refractivity contribution in [2.75, 3.05) is 40.0 Å². The minimum Gasteiger partial charge on any atom is -0.366 e. The van der Waals surface area contributed by atoms with Crippen molar-refractivity contribution in [3.63, 3.8) is 0 Å². The highest BCUT2D eigenvalue weighted by Crippen LogP contribution is 2.15. The predicted octanol–water partition coefficient (Wildman–Crippen LogP) is 0.912. The second-order valence-corrected chi connectivity index (χ2v) is 3.76. The average molecular weight is 186 g/mol. The smallest absolute Gasteiger partial charge is 0.0990 e. The van der Waals surface area contributed by atoms with Gasteiger partial charge in [-0.05, 0) is 39.3 Å². The van der Waals surface area contributed by atoms with E-state index < -0.39 is 0 Å². The SMILES string of the molecule is CCOCN1CCCC(CNC)C1. The molecule has 13 heavy (non-hydrogen) atoms. The van der Waals surface area contributed by atoms with Gasteiger partial charge in [-0.15, -0.1) is 0 Å². The van der Waals surface area contributed by atoms with Gasteiger partial charge >= 0.3 is 0 Å². The third kappa shape index (κ3) is 4.07. The summed E-state index contributed by atoms with van der Waals surface area (Å²) < 4.78 is 5.40. The standard InChI is InChI=1S/C10H22N2O/c1-3-13-9-12-6-4-5-10(8-12)7-11-2/h10-11H,3-9H2,1-2H3. The van der Waals surface area contributed by atoms with Gasteiger partial charge in [-0.25, -0.2) is 0 Å². The zero-order valence-corrected chi connectivity index (χ0v) is 8.88. The van der Waals surface area contributed by atoms with Crippen LogP contribution in [0.1, 0.15) is 19.8 Å². The molecule has 0 bridgehead atoms. The lowest BCUT2D eigenvalue weighted by Crippen LogP contribution is -2.40. The monoisotopic (exact) mass is 186 g/mol. The minimum atomic E-state index is 0.816. The summed E-state index contributed by atoms with van der Waals surface area (Å²) >= 11 is 0. The Balaban J connectivity index is 2.16. The minimum absolute atomic E-state index is 0.816. The molecule has 3 heteroatoms. The van der Waals surface area contributed by atoms with E-state index in [0.717, 1.165) is 25.8 Å². The van der Waals surface area contributed by atoms with Crippen molar-refractivity contribution in [1.82, 2.24) is 10.2 Å². The Hall–Kier alpha value is -0.120. The molecule has 1 saturated heterocycles. The van der Waals surface area contributed by atoms with E-state index in [-0.39, 0.29) is 0 Å². The van der Waals surface area contributed by atoms with E-state index in [2.05, 4.69) is 17.1 Å². The maximum atomic E-state index is 5.40. The summed E-state index contributed by atoms with van der Waals surface area (Å²) in [5, 5.41) is 3.25. The van der Waals surface area contributed by atoms with Crippen LogP contribution in [-0.4, -0.2) is 44.9 Å². The molecule has 1 N–H and O–H groups in total. The second kappa shape index (κ2) is 6.35. The van der Waals surface area contributed by atoms with Crippen LogP contribution in [0.2, 0.25) is 0 Å². The van der Waals surface area contributed by atoms with Crippen LogP contribution in [0.15, 0.2) is 0 Å². The molecule has 1 rings (SSSR count). The Morgan fingerprint density at radius 1 is 1.54 bits per heavy atom. The van der Waals surface area contributed by atoms with Gasteiger partial charge in [0, 0.05) is 19.7 Å². The van der Waals surface area contributed by atoms with Gasteiger partial charge < -0.3 is 10.1 Å². The molecule has 0 amide bonds. The molecule has 1 unspecified atom stereocenters. The Kier molecular flexibility index (Phi) is 5.35. The molecule has 0 radical (unpaired) electrons.